The number of rotatable bonds is 8. The fourth-order valence-electron chi connectivity index (χ4n) is 3.25. The molecule has 1 aromatic rings. The Morgan fingerprint density at radius 2 is 2.00 bits per heavy atom. The summed E-state index contributed by atoms with van der Waals surface area (Å²) in [6.07, 6.45) is 0.186. The van der Waals surface area contributed by atoms with Gasteiger partial charge < -0.3 is 19.7 Å². The van der Waals surface area contributed by atoms with Crippen molar-refractivity contribution in [3.05, 3.63) is 23.8 Å². The highest BCUT2D eigenvalue weighted by molar-refractivity contribution is 5.88. The molecule has 1 aliphatic rings. The van der Waals surface area contributed by atoms with Gasteiger partial charge in [0.05, 0.1) is 26.7 Å². The Hall–Kier alpha value is -2.28. The van der Waals surface area contributed by atoms with Crippen LogP contribution in [0.5, 0.6) is 11.5 Å². The molecule has 144 valence electrons. The summed E-state index contributed by atoms with van der Waals surface area (Å²) in [4.78, 5) is 28.7. The molecule has 0 spiro atoms. The second-order valence-corrected chi connectivity index (χ2v) is 6.23. The van der Waals surface area contributed by atoms with Crippen molar-refractivity contribution in [2.75, 3.05) is 40.4 Å². The van der Waals surface area contributed by atoms with Crippen molar-refractivity contribution in [2.24, 2.45) is 0 Å². The van der Waals surface area contributed by atoms with Crippen molar-refractivity contribution in [1.82, 2.24) is 15.1 Å². The van der Waals surface area contributed by atoms with Gasteiger partial charge in [-0.25, -0.2) is 0 Å². The van der Waals surface area contributed by atoms with Crippen LogP contribution in [0.25, 0.3) is 0 Å². The zero-order valence-corrected chi connectivity index (χ0v) is 16.1. The summed E-state index contributed by atoms with van der Waals surface area (Å²) < 4.78 is 10.7. The Kier molecular flexibility index (Phi) is 7.26. The Morgan fingerprint density at radius 1 is 1.27 bits per heavy atom. The summed E-state index contributed by atoms with van der Waals surface area (Å²) in [6, 6.07) is 5.17. The monoisotopic (exact) mass is 363 g/mol. The largest absolute Gasteiger partial charge is 0.497 e. The van der Waals surface area contributed by atoms with Gasteiger partial charge in [-0.05, 0) is 19.9 Å². The lowest BCUT2D eigenvalue weighted by Crippen LogP contribution is -2.56. The van der Waals surface area contributed by atoms with Gasteiger partial charge in [0.15, 0.2) is 0 Å². The van der Waals surface area contributed by atoms with Gasteiger partial charge in [0.1, 0.15) is 11.5 Å². The highest BCUT2D eigenvalue weighted by atomic mass is 16.5. The first-order valence-corrected chi connectivity index (χ1v) is 9.04. The SMILES string of the molecule is CCN(CC)C(=O)CC1C(=O)NCCN1Cc1ccc(OC)cc1OC. The van der Waals surface area contributed by atoms with Crippen molar-refractivity contribution in [3.63, 3.8) is 0 Å². The van der Waals surface area contributed by atoms with E-state index in [1.54, 1.807) is 19.1 Å². The Labute approximate surface area is 155 Å². The molecule has 7 heteroatoms. The fraction of sp³-hybridized carbons (Fsp3) is 0.579. The summed E-state index contributed by atoms with van der Waals surface area (Å²) in [5.74, 6) is 1.34. The number of ether oxygens (including phenoxy) is 2. The number of nitrogens with zero attached hydrogens (tertiary/aromatic N) is 2. The van der Waals surface area contributed by atoms with Crippen molar-refractivity contribution >= 4 is 11.8 Å². The second kappa shape index (κ2) is 9.43. The lowest BCUT2D eigenvalue weighted by molar-refractivity contribution is -0.138. The van der Waals surface area contributed by atoms with Crippen LogP contribution in [0.2, 0.25) is 0 Å². The van der Waals surface area contributed by atoms with E-state index < -0.39 is 6.04 Å². The molecule has 1 N–H and O–H groups in total. The third kappa shape index (κ3) is 4.66. The van der Waals surface area contributed by atoms with Gasteiger partial charge in [-0.1, -0.05) is 6.07 Å². The van der Waals surface area contributed by atoms with Crippen LogP contribution in [-0.4, -0.2) is 68.1 Å². The average molecular weight is 363 g/mol. The maximum atomic E-state index is 12.5. The van der Waals surface area contributed by atoms with Gasteiger partial charge in [0, 0.05) is 44.4 Å². The topological polar surface area (TPSA) is 71.1 Å². The molecule has 26 heavy (non-hydrogen) atoms. The molecule has 0 aliphatic carbocycles. The highest BCUT2D eigenvalue weighted by Crippen LogP contribution is 2.27. The van der Waals surface area contributed by atoms with E-state index in [4.69, 9.17) is 9.47 Å². The molecule has 2 amide bonds. The number of nitrogens with one attached hydrogen (secondary N) is 1. The summed E-state index contributed by atoms with van der Waals surface area (Å²) in [6.45, 7) is 7.00. The van der Waals surface area contributed by atoms with Crippen LogP contribution >= 0.6 is 0 Å². The number of amides is 2. The minimum Gasteiger partial charge on any atom is -0.497 e. The normalized spacial score (nSPS) is 17.5. The molecule has 0 bridgehead atoms. The molecule has 1 aliphatic heterocycles. The number of benzene rings is 1. The van der Waals surface area contributed by atoms with Gasteiger partial charge >= 0.3 is 0 Å². The summed E-state index contributed by atoms with van der Waals surface area (Å²) in [5.41, 5.74) is 0.961. The molecule has 7 nitrogen and oxygen atoms in total. The lowest BCUT2D eigenvalue weighted by atomic mass is 10.1. The zero-order chi connectivity index (χ0) is 19.1. The molecular weight excluding hydrogens is 334 g/mol. The number of carbonyl (C=O) groups is 2. The van der Waals surface area contributed by atoms with Crippen LogP contribution in [-0.2, 0) is 16.1 Å². The Balaban J connectivity index is 2.17. The van der Waals surface area contributed by atoms with Crippen molar-refractivity contribution in [3.8, 4) is 11.5 Å². The van der Waals surface area contributed by atoms with Crippen molar-refractivity contribution in [2.45, 2.75) is 32.9 Å². The molecule has 0 aromatic heterocycles. The third-order valence-electron chi connectivity index (χ3n) is 4.79. The van der Waals surface area contributed by atoms with Gasteiger partial charge in [0.25, 0.3) is 0 Å². The molecule has 1 heterocycles. The standard InChI is InChI=1S/C19H29N3O4/c1-5-21(6-2)18(23)12-16-19(24)20-9-10-22(16)13-14-7-8-15(25-3)11-17(14)26-4/h7-8,11,16H,5-6,9-10,12-13H2,1-4H3,(H,20,24). The Bertz CT molecular complexity index is 631. The van der Waals surface area contributed by atoms with Crippen LogP contribution in [0.1, 0.15) is 25.8 Å². The van der Waals surface area contributed by atoms with E-state index in [2.05, 4.69) is 5.32 Å². The smallest absolute Gasteiger partial charge is 0.237 e. The molecular formula is C19H29N3O4. The first-order chi connectivity index (χ1) is 12.5. The van der Waals surface area contributed by atoms with Crippen molar-refractivity contribution < 1.29 is 19.1 Å². The Morgan fingerprint density at radius 3 is 2.62 bits per heavy atom. The maximum Gasteiger partial charge on any atom is 0.237 e. The van der Waals surface area contributed by atoms with Gasteiger partial charge in [-0.3, -0.25) is 14.5 Å². The maximum absolute atomic E-state index is 12.5. The number of hydrogen-bond acceptors (Lipinski definition) is 5. The fourth-order valence-corrected chi connectivity index (χ4v) is 3.25. The molecule has 1 atom stereocenters. The van der Waals surface area contributed by atoms with Crippen LogP contribution in [0.4, 0.5) is 0 Å². The van der Waals surface area contributed by atoms with E-state index >= 15 is 0 Å². The van der Waals surface area contributed by atoms with E-state index in [-0.39, 0.29) is 18.2 Å². The van der Waals surface area contributed by atoms with Crippen LogP contribution in [0.15, 0.2) is 18.2 Å². The van der Waals surface area contributed by atoms with Crippen LogP contribution < -0.4 is 14.8 Å². The lowest BCUT2D eigenvalue weighted by Gasteiger charge is -2.35. The van der Waals surface area contributed by atoms with E-state index in [1.807, 2.05) is 36.9 Å². The number of piperazine rings is 1. The minimum atomic E-state index is -0.469. The van der Waals surface area contributed by atoms with Gasteiger partial charge in [-0.15, -0.1) is 0 Å². The zero-order valence-electron chi connectivity index (χ0n) is 16.1. The number of methoxy groups -OCH3 is 2. The van der Waals surface area contributed by atoms with Gasteiger partial charge in [-0.2, -0.15) is 0 Å². The van der Waals surface area contributed by atoms with Crippen LogP contribution in [0, 0.1) is 0 Å². The molecule has 0 radical (unpaired) electrons. The predicted octanol–water partition coefficient (Wildman–Crippen LogP) is 1.26. The number of hydrogen-bond donors (Lipinski definition) is 1. The van der Waals surface area contributed by atoms with E-state index in [0.29, 0.717) is 38.5 Å². The minimum absolute atomic E-state index is 0.00347. The molecule has 1 aromatic carbocycles. The molecule has 1 saturated heterocycles. The summed E-state index contributed by atoms with van der Waals surface area (Å²) in [5, 5.41) is 2.87. The van der Waals surface area contributed by atoms with Crippen LogP contribution in [0.3, 0.4) is 0 Å². The summed E-state index contributed by atoms with van der Waals surface area (Å²) >= 11 is 0. The van der Waals surface area contributed by atoms with E-state index in [1.165, 1.54) is 0 Å². The molecule has 0 saturated carbocycles. The van der Waals surface area contributed by atoms with Gasteiger partial charge in [0.2, 0.25) is 11.8 Å². The average Bonchev–Trinajstić information content (AvgIpc) is 2.65. The molecule has 2 rings (SSSR count). The first kappa shape index (κ1) is 20.0. The van der Waals surface area contributed by atoms with E-state index in [9.17, 15) is 9.59 Å². The molecule has 1 unspecified atom stereocenters. The second-order valence-electron chi connectivity index (χ2n) is 6.23. The van der Waals surface area contributed by atoms with Crippen molar-refractivity contribution in [1.29, 1.82) is 0 Å². The molecule has 1 fully saturated rings. The predicted molar refractivity (Wildman–Crippen MR) is 99.3 cm³/mol. The summed E-state index contributed by atoms with van der Waals surface area (Å²) in [7, 11) is 3.22. The quantitative estimate of drug-likeness (QED) is 0.753. The third-order valence-corrected chi connectivity index (χ3v) is 4.79. The number of carbonyl (C=O) groups excluding carboxylic acids is 2. The first-order valence-electron chi connectivity index (χ1n) is 9.04. The highest BCUT2D eigenvalue weighted by Gasteiger charge is 2.33. The van der Waals surface area contributed by atoms with E-state index in [0.717, 1.165) is 11.3 Å².